The zero-order valence-electron chi connectivity index (χ0n) is 8.67. The van der Waals surface area contributed by atoms with Crippen LogP contribution in [0.3, 0.4) is 0 Å². The summed E-state index contributed by atoms with van der Waals surface area (Å²) in [5.41, 5.74) is 4.23. The van der Waals surface area contributed by atoms with Crippen molar-refractivity contribution < 1.29 is 0 Å². The molecule has 72 valence electrons. The molecule has 1 aliphatic carbocycles. The zero-order valence-corrected chi connectivity index (χ0v) is 8.67. The van der Waals surface area contributed by atoms with Crippen LogP contribution in [0.2, 0.25) is 0 Å². The average Bonchev–Trinajstić information content (AvgIpc) is 2.62. The molecule has 0 amide bonds. The second-order valence-corrected chi connectivity index (χ2v) is 4.15. The van der Waals surface area contributed by atoms with Crippen molar-refractivity contribution in [3.8, 4) is 6.07 Å². The van der Waals surface area contributed by atoms with E-state index in [0.717, 1.165) is 24.1 Å². The van der Waals surface area contributed by atoms with Gasteiger partial charge in [-0.15, -0.1) is 0 Å². The molecule has 0 atom stereocenters. The monoisotopic (exact) mass is 186 g/mol. The Labute approximate surface area is 84.6 Å². The second kappa shape index (κ2) is 3.42. The van der Waals surface area contributed by atoms with E-state index in [9.17, 15) is 0 Å². The van der Waals surface area contributed by atoms with Crippen LogP contribution in [-0.4, -0.2) is 4.98 Å². The predicted octanol–water partition coefficient (Wildman–Crippen LogP) is 2.57. The summed E-state index contributed by atoms with van der Waals surface area (Å²) >= 11 is 0. The van der Waals surface area contributed by atoms with Gasteiger partial charge < -0.3 is 0 Å². The minimum atomic E-state index is 0.343. The highest BCUT2D eigenvalue weighted by molar-refractivity contribution is 5.41. The Hall–Kier alpha value is -1.36. The van der Waals surface area contributed by atoms with E-state index in [1.54, 1.807) is 0 Å². The fourth-order valence-corrected chi connectivity index (χ4v) is 2.02. The molecule has 0 aliphatic heterocycles. The van der Waals surface area contributed by atoms with Gasteiger partial charge in [-0.05, 0) is 36.8 Å². The van der Waals surface area contributed by atoms with Gasteiger partial charge in [0.05, 0.1) is 11.3 Å². The molecule has 0 aromatic carbocycles. The molecular formula is C12H14N2. The molecule has 1 aromatic heterocycles. The molecule has 2 nitrogen and oxygen atoms in total. The molecule has 0 unspecified atom stereocenters. The van der Waals surface area contributed by atoms with Crippen LogP contribution >= 0.6 is 0 Å². The number of pyridine rings is 1. The Morgan fingerprint density at radius 3 is 2.86 bits per heavy atom. The van der Waals surface area contributed by atoms with E-state index < -0.39 is 0 Å². The van der Waals surface area contributed by atoms with Gasteiger partial charge in [-0.25, -0.2) is 0 Å². The van der Waals surface area contributed by atoms with Crippen LogP contribution in [0.5, 0.6) is 0 Å². The molecular weight excluding hydrogens is 172 g/mol. The lowest BCUT2D eigenvalue weighted by molar-refractivity contribution is 0.802. The summed E-state index contributed by atoms with van der Waals surface area (Å²) < 4.78 is 0. The molecule has 1 aliphatic rings. The Balaban J connectivity index is 2.56. The molecule has 2 heteroatoms. The fraction of sp³-hybridized carbons (Fsp3) is 0.500. The first-order valence-electron chi connectivity index (χ1n) is 5.15. The average molecular weight is 186 g/mol. The summed E-state index contributed by atoms with van der Waals surface area (Å²) in [5, 5.41) is 9.01. The minimum absolute atomic E-state index is 0.343. The van der Waals surface area contributed by atoms with Crippen LogP contribution in [0.1, 0.15) is 48.7 Å². The highest BCUT2D eigenvalue weighted by Gasteiger charge is 2.17. The topological polar surface area (TPSA) is 36.7 Å². The summed E-state index contributed by atoms with van der Waals surface area (Å²) in [5.74, 6) is 0.343. The molecule has 0 saturated heterocycles. The van der Waals surface area contributed by atoms with E-state index >= 15 is 0 Å². The van der Waals surface area contributed by atoms with Gasteiger partial charge in [0.25, 0.3) is 0 Å². The molecule has 0 radical (unpaired) electrons. The lowest BCUT2D eigenvalue weighted by Crippen LogP contribution is -2.01. The summed E-state index contributed by atoms with van der Waals surface area (Å²) in [6.45, 7) is 4.18. The number of nitriles is 1. The van der Waals surface area contributed by atoms with Crippen LogP contribution in [0.25, 0.3) is 0 Å². The normalized spacial score (nSPS) is 14.1. The van der Waals surface area contributed by atoms with Crippen molar-refractivity contribution in [2.45, 2.75) is 39.0 Å². The maximum absolute atomic E-state index is 9.01. The van der Waals surface area contributed by atoms with E-state index in [1.807, 2.05) is 6.07 Å². The summed E-state index contributed by atoms with van der Waals surface area (Å²) in [6.07, 6.45) is 3.37. The molecule has 0 spiro atoms. The van der Waals surface area contributed by atoms with Crippen LogP contribution in [0.15, 0.2) is 6.07 Å². The lowest BCUT2D eigenvalue weighted by atomic mass is 10.0. The van der Waals surface area contributed by atoms with E-state index in [2.05, 4.69) is 24.9 Å². The molecule has 14 heavy (non-hydrogen) atoms. The highest BCUT2D eigenvalue weighted by atomic mass is 14.7. The van der Waals surface area contributed by atoms with E-state index in [0.29, 0.717) is 5.92 Å². The molecule has 0 bridgehead atoms. The van der Waals surface area contributed by atoms with E-state index in [-0.39, 0.29) is 0 Å². The quantitative estimate of drug-likeness (QED) is 0.675. The molecule has 0 fully saturated rings. The number of nitrogens with zero attached hydrogens (tertiary/aromatic N) is 2. The Morgan fingerprint density at radius 1 is 1.43 bits per heavy atom. The van der Waals surface area contributed by atoms with Crippen molar-refractivity contribution in [3.05, 3.63) is 28.6 Å². The predicted molar refractivity (Wildman–Crippen MR) is 55.1 cm³/mol. The minimum Gasteiger partial charge on any atom is -0.256 e. The fourth-order valence-electron chi connectivity index (χ4n) is 2.02. The van der Waals surface area contributed by atoms with Crippen molar-refractivity contribution in [2.24, 2.45) is 0 Å². The largest absolute Gasteiger partial charge is 0.256 e. The zero-order chi connectivity index (χ0) is 10.1. The number of aryl methyl sites for hydroxylation is 2. The van der Waals surface area contributed by atoms with Gasteiger partial charge in [-0.2, -0.15) is 5.26 Å². The van der Waals surface area contributed by atoms with Crippen molar-refractivity contribution >= 4 is 0 Å². The standard InChI is InChI=1S/C12H14N2/c1-8(2)12-10(7-13)6-9-4-3-5-11(9)14-12/h6,8H,3-5H2,1-2H3. The van der Waals surface area contributed by atoms with Gasteiger partial charge in [0.2, 0.25) is 0 Å². The Morgan fingerprint density at radius 2 is 2.21 bits per heavy atom. The van der Waals surface area contributed by atoms with E-state index in [4.69, 9.17) is 5.26 Å². The van der Waals surface area contributed by atoms with Gasteiger partial charge in [-0.3, -0.25) is 4.98 Å². The van der Waals surface area contributed by atoms with Crippen LogP contribution in [-0.2, 0) is 12.8 Å². The molecule has 0 N–H and O–H groups in total. The second-order valence-electron chi connectivity index (χ2n) is 4.15. The van der Waals surface area contributed by atoms with E-state index in [1.165, 1.54) is 17.7 Å². The first kappa shape index (κ1) is 9.21. The lowest BCUT2D eigenvalue weighted by Gasteiger charge is -2.09. The summed E-state index contributed by atoms with van der Waals surface area (Å²) in [7, 11) is 0. The SMILES string of the molecule is CC(C)c1nc2c(cc1C#N)CCC2. The third kappa shape index (κ3) is 1.39. The van der Waals surface area contributed by atoms with Gasteiger partial charge in [0, 0.05) is 5.69 Å². The summed E-state index contributed by atoms with van der Waals surface area (Å²) in [4.78, 5) is 4.60. The van der Waals surface area contributed by atoms with Crippen molar-refractivity contribution in [1.29, 1.82) is 5.26 Å². The molecule has 1 heterocycles. The Bertz CT molecular complexity index is 400. The maximum atomic E-state index is 9.01. The van der Waals surface area contributed by atoms with Crippen LogP contribution in [0.4, 0.5) is 0 Å². The summed E-state index contributed by atoms with van der Waals surface area (Å²) in [6, 6.07) is 4.28. The number of hydrogen-bond donors (Lipinski definition) is 0. The molecule has 1 aromatic rings. The van der Waals surface area contributed by atoms with Crippen molar-refractivity contribution in [2.75, 3.05) is 0 Å². The van der Waals surface area contributed by atoms with Crippen LogP contribution in [0, 0.1) is 11.3 Å². The van der Waals surface area contributed by atoms with Gasteiger partial charge in [0.15, 0.2) is 0 Å². The number of rotatable bonds is 1. The third-order valence-electron chi connectivity index (χ3n) is 2.75. The number of fused-ring (bicyclic) bond motifs is 1. The Kier molecular flexibility index (Phi) is 2.25. The molecule has 2 rings (SSSR count). The number of hydrogen-bond acceptors (Lipinski definition) is 2. The highest BCUT2D eigenvalue weighted by Crippen LogP contribution is 2.25. The van der Waals surface area contributed by atoms with Gasteiger partial charge in [-0.1, -0.05) is 13.8 Å². The van der Waals surface area contributed by atoms with Gasteiger partial charge >= 0.3 is 0 Å². The maximum Gasteiger partial charge on any atom is 0.101 e. The van der Waals surface area contributed by atoms with Crippen molar-refractivity contribution in [3.63, 3.8) is 0 Å². The first-order valence-corrected chi connectivity index (χ1v) is 5.15. The van der Waals surface area contributed by atoms with Crippen molar-refractivity contribution in [1.82, 2.24) is 4.98 Å². The van der Waals surface area contributed by atoms with Crippen LogP contribution < -0.4 is 0 Å². The third-order valence-corrected chi connectivity index (χ3v) is 2.75. The van der Waals surface area contributed by atoms with Gasteiger partial charge in [0.1, 0.15) is 6.07 Å². The smallest absolute Gasteiger partial charge is 0.101 e. The first-order chi connectivity index (χ1) is 6.72. The molecule has 0 saturated carbocycles. The number of aromatic nitrogens is 1.